The first-order valence-electron chi connectivity index (χ1n) is 7.24. The lowest BCUT2D eigenvalue weighted by molar-refractivity contribution is -0.141. The van der Waals surface area contributed by atoms with Gasteiger partial charge in [-0.3, -0.25) is 4.79 Å². The molecule has 0 spiro atoms. The Bertz CT molecular complexity index is 660. The van der Waals surface area contributed by atoms with Crippen molar-refractivity contribution in [1.82, 2.24) is 5.32 Å². The molecule has 1 aliphatic rings. The van der Waals surface area contributed by atoms with Gasteiger partial charge in [-0.2, -0.15) is 0 Å². The van der Waals surface area contributed by atoms with Crippen LogP contribution in [0.2, 0.25) is 0 Å². The van der Waals surface area contributed by atoms with E-state index in [0.29, 0.717) is 6.42 Å². The fourth-order valence-electron chi connectivity index (χ4n) is 2.37. The lowest BCUT2D eigenvalue weighted by Crippen LogP contribution is -2.43. The molecule has 0 radical (unpaired) electrons. The monoisotopic (exact) mass is 357 g/mol. The van der Waals surface area contributed by atoms with Gasteiger partial charge in [0.05, 0.1) is 17.3 Å². The van der Waals surface area contributed by atoms with Crippen molar-refractivity contribution in [1.29, 1.82) is 0 Å². The van der Waals surface area contributed by atoms with Crippen LogP contribution < -0.4 is 5.32 Å². The molecule has 23 heavy (non-hydrogen) atoms. The molecule has 8 heteroatoms. The first-order chi connectivity index (χ1) is 10.9. The van der Waals surface area contributed by atoms with Crippen LogP contribution in [0.25, 0.3) is 0 Å². The zero-order chi connectivity index (χ0) is 16.9. The molecule has 1 amide bonds. The van der Waals surface area contributed by atoms with E-state index in [4.69, 9.17) is 0 Å². The van der Waals surface area contributed by atoms with Gasteiger partial charge in [0, 0.05) is 11.7 Å². The van der Waals surface area contributed by atoms with E-state index < -0.39 is 21.8 Å². The topological polar surface area (TPSA) is 101 Å². The van der Waals surface area contributed by atoms with Gasteiger partial charge in [-0.05, 0) is 12.0 Å². The molecular formula is C15H19NO5S2. The Morgan fingerprint density at radius 1 is 1.30 bits per heavy atom. The highest BCUT2D eigenvalue weighted by atomic mass is 32.2. The summed E-state index contributed by atoms with van der Waals surface area (Å²) in [6.07, 6.45) is 0.761. The number of hydrogen-bond donors (Lipinski definition) is 2. The van der Waals surface area contributed by atoms with Gasteiger partial charge in [0.2, 0.25) is 5.91 Å². The Morgan fingerprint density at radius 2 is 2.00 bits per heavy atom. The first-order valence-corrected chi connectivity index (χ1v) is 10.1. The zero-order valence-corrected chi connectivity index (χ0v) is 14.1. The van der Waals surface area contributed by atoms with Gasteiger partial charge in [0.15, 0.2) is 9.84 Å². The quantitative estimate of drug-likeness (QED) is 0.746. The molecule has 2 atom stereocenters. The smallest absolute Gasteiger partial charge is 0.326 e. The Hall–Kier alpha value is -1.54. The average Bonchev–Trinajstić information content (AvgIpc) is 2.85. The van der Waals surface area contributed by atoms with E-state index in [9.17, 15) is 23.1 Å². The molecule has 1 aromatic rings. The minimum absolute atomic E-state index is 0.0682. The van der Waals surface area contributed by atoms with Gasteiger partial charge in [0.1, 0.15) is 6.04 Å². The third-order valence-corrected chi connectivity index (χ3v) is 6.84. The standard InChI is InChI=1S/C15H19NO5S2/c17-14(9-22-12-6-7-23(20,21)10-12)16-13(15(18)19)8-11-4-2-1-3-5-11/h1-5,12-13H,6-10H2,(H,16,17)(H,18,19)/t12?,13-/m0/s1. The maximum atomic E-state index is 11.9. The van der Waals surface area contributed by atoms with Crippen LogP contribution in [-0.2, 0) is 25.8 Å². The van der Waals surface area contributed by atoms with Gasteiger partial charge >= 0.3 is 5.97 Å². The zero-order valence-electron chi connectivity index (χ0n) is 12.5. The number of amides is 1. The van der Waals surface area contributed by atoms with E-state index in [1.165, 1.54) is 11.8 Å². The third-order valence-electron chi connectivity index (χ3n) is 3.56. The summed E-state index contributed by atoms with van der Waals surface area (Å²) >= 11 is 1.27. The van der Waals surface area contributed by atoms with Gasteiger partial charge in [0.25, 0.3) is 0 Å². The Labute approximate surface area is 139 Å². The van der Waals surface area contributed by atoms with Crippen molar-refractivity contribution >= 4 is 33.5 Å². The van der Waals surface area contributed by atoms with Crippen molar-refractivity contribution in [2.75, 3.05) is 17.3 Å². The van der Waals surface area contributed by atoms with Crippen LogP contribution in [0.5, 0.6) is 0 Å². The van der Waals surface area contributed by atoms with Crippen LogP contribution in [0.4, 0.5) is 0 Å². The highest BCUT2D eigenvalue weighted by Gasteiger charge is 2.29. The summed E-state index contributed by atoms with van der Waals surface area (Å²) in [7, 11) is -2.97. The van der Waals surface area contributed by atoms with Crippen LogP contribution in [-0.4, -0.2) is 54.0 Å². The maximum Gasteiger partial charge on any atom is 0.326 e. The van der Waals surface area contributed by atoms with Crippen LogP contribution in [0.15, 0.2) is 30.3 Å². The summed E-state index contributed by atoms with van der Waals surface area (Å²) in [5.41, 5.74) is 0.828. The summed E-state index contributed by atoms with van der Waals surface area (Å²) < 4.78 is 22.7. The van der Waals surface area contributed by atoms with Crippen LogP contribution in [0, 0.1) is 0 Å². The minimum atomic E-state index is -2.97. The maximum absolute atomic E-state index is 11.9. The number of carboxylic acids is 1. The predicted octanol–water partition coefficient (Wildman–Crippen LogP) is 0.719. The molecule has 0 aromatic heterocycles. The number of carboxylic acid groups (broad SMARTS) is 1. The molecule has 0 aliphatic carbocycles. The highest BCUT2D eigenvalue weighted by molar-refractivity contribution is 8.02. The van der Waals surface area contributed by atoms with E-state index in [-0.39, 0.29) is 34.8 Å². The second-order valence-corrected chi connectivity index (χ2v) is 9.00. The summed E-state index contributed by atoms with van der Waals surface area (Å²) in [5.74, 6) is -1.15. The van der Waals surface area contributed by atoms with Crippen LogP contribution in [0.3, 0.4) is 0 Å². The number of rotatable bonds is 7. The summed E-state index contributed by atoms with van der Waals surface area (Å²) in [6.45, 7) is 0. The molecule has 1 fully saturated rings. The van der Waals surface area contributed by atoms with E-state index in [2.05, 4.69) is 5.32 Å². The Morgan fingerprint density at radius 3 is 2.57 bits per heavy atom. The number of thioether (sulfide) groups is 1. The summed E-state index contributed by atoms with van der Waals surface area (Å²) in [4.78, 5) is 23.2. The van der Waals surface area contributed by atoms with Gasteiger partial charge in [-0.1, -0.05) is 30.3 Å². The molecular weight excluding hydrogens is 338 g/mol. The normalized spacial score (nSPS) is 20.8. The number of carbonyl (C=O) groups excluding carboxylic acids is 1. The van der Waals surface area contributed by atoms with Crippen molar-refractivity contribution < 1.29 is 23.1 Å². The van der Waals surface area contributed by atoms with E-state index in [0.717, 1.165) is 5.56 Å². The molecule has 0 bridgehead atoms. The minimum Gasteiger partial charge on any atom is -0.480 e. The number of hydrogen-bond acceptors (Lipinski definition) is 5. The molecule has 2 N–H and O–H groups in total. The molecule has 1 heterocycles. The lowest BCUT2D eigenvalue weighted by atomic mass is 10.1. The number of benzene rings is 1. The first kappa shape index (κ1) is 17.8. The summed E-state index contributed by atoms with van der Waals surface area (Å²) in [6, 6.07) is 8.08. The second-order valence-electron chi connectivity index (χ2n) is 5.48. The highest BCUT2D eigenvalue weighted by Crippen LogP contribution is 2.24. The van der Waals surface area contributed by atoms with Crippen molar-refractivity contribution in [2.45, 2.75) is 24.1 Å². The fourth-order valence-corrected chi connectivity index (χ4v) is 5.83. The van der Waals surface area contributed by atoms with E-state index in [1.807, 2.05) is 18.2 Å². The van der Waals surface area contributed by atoms with E-state index >= 15 is 0 Å². The molecule has 2 rings (SSSR count). The number of nitrogens with one attached hydrogen (secondary N) is 1. The lowest BCUT2D eigenvalue weighted by Gasteiger charge is -2.15. The molecule has 1 aliphatic heterocycles. The molecule has 1 aromatic carbocycles. The fraction of sp³-hybridized carbons (Fsp3) is 0.467. The molecule has 126 valence electrons. The molecule has 6 nitrogen and oxygen atoms in total. The molecule has 1 saturated heterocycles. The summed E-state index contributed by atoms with van der Waals surface area (Å²) in [5, 5.41) is 11.7. The van der Waals surface area contributed by atoms with Crippen molar-refractivity contribution in [3.05, 3.63) is 35.9 Å². The second kappa shape index (κ2) is 7.83. The average molecular weight is 357 g/mol. The van der Waals surface area contributed by atoms with Crippen LogP contribution in [0.1, 0.15) is 12.0 Å². The number of aliphatic carboxylic acids is 1. The SMILES string of the molecule is O=C(CSC1CCS(=O)(=O)C1)N[C@@H](Cc1ccccc1)C(=O)O. The van der Waals surface area contributed by atoms with Crippen LogP contribution >= 0.6 is 11.8 Å². The van der Waals surface area contributed by atoms with Gasteiger partial charge < -0.3 is 10.4 Å². The van der Waals surface area contributed by atoms with Gasteiger partial charge in [-0.25, -0.2) is 13.2 Å². The third kappa shape index (κ3) is 5.87. The molecule has 0 saturated carbocycles. The number of carbonyl (C=O) groups is 2. The van der Waals surface area contributed by atoms with Crippen molar-refractivity contribution in [2.24, 2.45) is 0 Å². The number of sulfone groups is 1. The predicted molar refractivity (Wildman–Crippen MR) is 89.2 cm³/mol. The van der Waals surface area contributed by atoms with Gasteiger partial charge in [-0.15, -0.1) is 11.8 Å². The van der Waals surface area contributed by atoms with Crippen molar-refractivity contribution in [3.8, 4) is 0 Å². The Kier molecular flexibility index (Phi) is 6.06. The molecule has 1 unspecified atom stereocenters. The van der Waals surface area contributed by atoms with E-state index in [1.54, 1.807) is 12.1 Å². The Balaban J connectivity index is 1.83. The largest absolute Gasteiger partial charge is 0.480 e. The van der Waals surface area contributed by atoms with Crippen molar-refractivity contribution in [3.63, 3.8) is 0 Å².